The molecule has 0 bridgehead atoms. The minimum atomic E-state index is 0.187. The van der Waals surface area contributed by atoms with E-state index in [9.17, 15) is 4.79 Å². The minimum absolute atomic E-state index is 0.187. The third-order valence-corrected chi connectivity index (χ3v) is 4.58. The Hall–Kier alpha value is -1.00. The van der Waals surface area contributed by atoms with Gasteiger partial charge < -0.3 is 10.2 Å². The first-order valence-electron chi connectivity index (χ1n) is 7.27. The van der Waals surface area contributed by atoms with Gasteiger partial charge in [-0.1, -0.05) is 12.1 Å². The molecule has 20 heavy (non-hydrogen) atoms. The Balaban J connectivity index is 1.82. The molecule has 0 radical (unpaired) electrons. The van der Waals surface area contributed by atoms with Crippen LogP contribution in [0.2, 0.25) is 0 Å². The zero-order valence-electron chi connectivity index (χ0n) is 12.6. The third-order valence-electron chi connectivity index (χ3n) is 3.60. The van der Waals surface area contributed by atoms with Crippen molar-refractivity contribution in [2.75, 3.05) is 12.8 Å². The molecule has 1 aromatic rings. The van der Waals surface area contributed by atoms with Gasteiger partial charge in [-0.2, -0.15) is 0 Å². The summed E-state index contributed by atoms with van der Waals surface area (Å²) in [5, 5.41) is 3.51. The van der Waals surface area contributed by atoms with E-state index in [0.717, 1.165) is 12.6 Å². The third kappa shape index (κ3) is 4.84. The van der Waals surface area contributed by atoms with Gasteiger partial charge >= 0.3 is 0 Å². The number of hydrogen-bond acceptors (Lipinski definition) is 3. The van der Waals surface area contributed by atoms with Gasteiger partial charge in [0.1, 0.15) is 0 Å². The number of nitrogens with zero attached hydrogens (tertiary/aromatic N) is 1. The van der Waals surface area contributed by atoms with Crippen LogP contribution in [0.3, 0.4) is 0 Å². The number of hydrogen-bond donors (Lipinski definition) is 1. The van der Waals surface area contributed by atoms with Gasteiger partial charge in [0.25, 0.3) is 0 Å². The summed E-state index contributed by atoms with van der Waals surface area (Å²) in [6.45, 7) is 5.00. The topological polar surface area (TPSA) is 32.3 Å². The lowest BCUT2D eigenvalue weighted by atomic mass is 10.2. The van der Waals surface area contributed by atoms with Gasteiger partial charge in [0.2, 0.25) is 5.91 Å². The summed E-state index contributed by atoms with van der Waals surface area (Å²) in [4.78, 5) is 14.9. The number of amides is 1. The van der Waals surface area contributed by atoms with Crippen molar-refractivity contribution in [2.24, 2.45) is 0 Å². The average Bonchev–Trinajstić information content (AvgIpc) is 3.26. The van der Waals surface area contributed by atoms with E-state index >= 15 is 0 Å². The lowest BCUT2D eigenvalue weighted by Crippen LogP contribution is -2.34. The Morgan fingerprint density at radius 1 is 1.45 bits per heavy atom. The number of thioether (sulfide) groups is 1. The monoisotopic (exact) mass is 292 g/mol. The van der Waals surface area contributed by atoms with Crippen molar-refractivity contribution in [2.45, 2.75) is 50.2 Å². The molecule has 1 aliphatic carbocycles. The second-order valence-corrected chi connectivity index (χ2v) is 6.74. The maximum atomic E-state index is 12.0. The Labute approximate surface area is 126 Å². The number of carbonyl (C=O) groups excluding carboxylic acids is 1. The summed E-state index contributed by atoms with van der Waals surface area (Å²) in [6, 6.07) is 9.46. The molecule has 4 heteroatoms. The first-order chi connectivity index (χ1) is 9.56. The highest BCUT2D eigenvalue weighted by Crippen LogP contribution is 2.22. The van der Waals surface area contributed by atoms with Crippen molar-refractivity contribution in [1.29, 1.82) is 0 Å². The molecular formula is C16H24N2OS. The molecule has 1 amide bonds. The molecule has 3 nitrogen and oxygen atoms in total. The fourth-order valence-corrected chi connectivity index (χ4v) is 2.73. The van der Waals surface area contributed by atoms with E-state index in [1.54, 1.807) is 16.7 Å². The lowest BCUT2D eigenvalue weighted by Gasteiger charge is -2.21. The maximum absolute atomic E-state index is 12.0. The zero-order chi connectivity index (χ0) is 14.5. The highest BCUT2D eigenvalue weighted by molar-refractivity contribution is 8.00. The van der Waals surface area contributed by atoms with Crippen LogP contribution in [-0.2, 0) is 11.3 Å². The van der Waals surface area contributed by atoms with Crippen molar-refractivity contribution in [3.63, 3.8) is 0 Å². The van der Waals surface area contributed by atoms with Crippen molar-refractivity contribution in [3.05, 3.63) is 29.8 Å². The summed E-state index contributed by atoms with van der Waals surface area (Å²) < 4.78 is 0. The van der Waals surface area contributed by atoms with Crippen LogP contribution in [0.5, 0.6) is 0 Å². The minimum Gasteiger partial charge on any atom is -0.343 e. The predicted octanol–water partition coefficient (Wildman–Crippen LogP) is 2.90. The molecular weight excluding hydrogens is 268 g/mol. The fraction of sp³-hybridized carbons (Fsp3) is 0.562. The smallest absolute Gasteiger partial charge is 0.232 e. The van der Waals surface area contributed by atoms with Gasteiger partial charge in [-0.05, 0) is 44.4 Å². The van der Waals surface area contributed by atoms with Gasteiger partial charge in [-0.3, -0.25) is 4.79 Å². The summed E-state index contributed by atoms with van der Waals surface area (Å²) in [5.41, 5.74) is 1.30. The predicted molar refractivity (Wildman–Crippen MR) is 84.9 cm³/mol. The molecule has 1 aliphatic rings. The van der Waals surface area contributed by atoms with Crippen molar-refractivity contribution >= 4 is 17.7 Å². The summed E-state index contributed by atoms with van der Waals surface area (Å²) in [6.07, 6.45) is 2.62. The summed E-state index contributed by atoms with van der Waals surface area (Å²) in [5.74, 6) is 0.695. The van der Waals surface area contributed by atoms with Gasteiger partial charge in [-0.25, -0.2) is 0 Å². The zero-order valence-corrected chi connectivity index (χ0v) is 13.4. The largest absolute Gasteiger partial charge is 0.343 e. The SMILES string of the molecule is CC(C)N(C)C(=O)CSc1cccc(CNC2CC2)c1. The first kappa shape index (κ1) is 15.4. The van der Waals surface area contributed by atoms with E-state index in [1.807, 2.05) is 20.9 Å². The fourth-order valence-electron chi connectivity index (χ4n) is 1.83. The van der Waals surface area contributed by atoms with Gasteiger partial charge in [-0.15, -0.1) is 11.8 Å². The van der Waals surface area contributed by atoms with Crippen LogP contribution in [0, 0.1) is 0 Å². The van der Waals surface area contributed by atoms with Crippen molar-refractivity contribution in [1.82, 2.24) is 10.2 Å². The Bertz CT molecular complexity index is 458. The van der Waals surface area contributed by atoms with Gasteiger partial charge in [0, 0.05) is 30.6 Å². The molecule has 0 unspecified atom stereocenters. The van der Waals surface area contributed by atoms with E-state index in [1.165, 1.54) is 23.3 Å². The molecule has 0 saturated heterocycles. The number of rotatable bonds is 7. The number of carbonyl (C=O) groups is 1. The second-order valence-electron chi connectivity index (χ2n) is 5.69. The quantitative estimate of drug-likeness (QED) is 0.784. The maximum Gasteiger partial charge on any atom is 0.232 e. The molecule has 1 N–H and O–H groups in total. The lowest BCUT2D eigenvalue weighted by molar-refractivity contribution is -0.128. The molecule has 110 valence electrons. The van der Waals surface area contributed by atoms with Crippen LogP contribution in [0.1, 0.15) is 32.3 Å². The molecule has 0 atom stereocenters. The van der Waals surface area contributed by atoms with Crippen LogP contribution in [-0.4, -0.2) is 35.7 Å². The Kier molecular flexibility index (Phi) is 5.49. The molecule has 1 saturated carbocycles. The summed E-state index contributed by atoms with van der Waals surface area (Å²) >= 11 is 1.62. The van der Waals surface area contributed by atoms with Crippen LogP contribution >= 0.6 is 11.8 Å². The molecule has 0 spiro atoms. The van der Waals surface area contributed by atoms with Crippen molar-refractivity contribution < 1.29 is 4.79 Å². The molecule has 1 aromatic carbocycles. The van der Waals surface area contributed by atoms with E-state index in [2.05, 4.69) is 29.6 Å². The molecule has 0 heterocycles. The second kappa shape index (κ2) is 7.14. The highest BCUT2D eigenvalue weighted by atomic mass is 32.2. The van der Waals surface area contributed by atoms with Crippen LogP contribution in [0.4, 0.5) is 0 Å². The highest BCUT2D eigenvalue weighted by Gasteiger charge is 2.19. The normalized spacial score (nSPS) is 14.6. The number of nitrogens with one attached hydrogen (secondary N) is 1. The van der Waals surface area contributed by atoms with E-state index in [0.29, 0.717) is 5.75 Å². The van der Waals surface area contributed by atoms with E-state index in [-0.39, 0.29) is 11.9 Å². The Morgan fingerprint density at radius 2 is 2.20 bits per heavy atom. The molecule has 1 fully saturated rings. The summed E-state index contributed by atoms with van der Waals surface area (Å²) in [7, 11) is 1.86. The van der Waals surface area contributed by atoms with Crippen LogP contribution in [0.15, 0.2) is 29.2 Å². The van der Waals surface area contributed by atoms with E-state index in [4.69, 9.17) is 0 Å². The standard InChI is InChI=1S/C16H24N2OS/c1-12(2)18(3)16(19)11-20-15-6-4-5-13(9-15)10-17-14-7-8-14/h4-6,9,12,14,17H,7-8,10-11H2,1-3H3. The molecule has 0 aromatic heterocycles. The van der Waals surface area contributed by atoms with Crippen molar-refractivity contribution in [3.8, 4) is 0 Å². The van der Waals surface area contributed by atoms with E-state index < -0.39 is 0 Å². The number of benzene rings is 1. The average molecular weight is 292 g/mol. The van der Waals surface area contributed by atoms with Gasteiger partial charge in [0.05, 0.1) is 5.75 Å². The Morgan fingerprint density at radius 3 is 2.85 bits per heavy atom. The van der Waals surface area contributed by atoms with Gasteiger partial charge in [0.15, 0.2) is 0 Å². The molecule has 0 aliphatic heterocycles. The first-order valence-corrected chi connectivity index (χ1v) is 8.25. The van der Waals surface area contributed by atoms with Crippen LogP contribution < -0.4 is 5.32 Å². The van der Waals surface area contributed by atoms with Crippen LogP contribution in [0.25, 0.3) is 0 Å². The molecule has 2 rings (SSSR count).